The minimum absolute atomic E-state index is 0.0425. The molecule has 2 saturated carbocycles. The van der Waals surface area contributed by atoms with Gasteiger partial charge in [0.05, 0.1) is 0 Å². The molecular formula is C21H32N4O4. The van der Waals surface area contributed by atoms with E-state index in [0.29, 0.717) is 25.4 Å². The fraction of sp³-hybridized carbons (Fsp3) is 0.810. The summed E-state index contributed by atoms with van der Waals surface area (Å²) in [6.45, 7) is 1.20. The van der Waals surface area contributed by atoms with E-state index in [-0.39, 0.29) is 48.1 Å². The highest BCUT2D eigenvalue weighted by atomic mass is 16.2. The molecule has 2 saturated heterocycles. The highest BCUT2D eigenvalue weighted by molar-refractivity contribution is 6.02. The van der Waals surface area contributed by atoms with Crippen molar-refractivity contribution in [1.29, 1.82) is 0 Å². The molecule has 0 aromatic carbocycles. The summed E-state index contributed by atoms with van der Waals surface area (Å²) in [7, 11) is 0. The van der Waals surface area contributed by atoms with Crippen LogP contribution < -0.4 is 16.0 Å². The van der Waals surface area contributed by atoms with Crippen LogP contribution in [0.25, 0.3) is 0 Å². The Balaban J connectivity index is 1.26. The largest absolute Gasteiger partial charge is 0.338 e. The number of nitrogens with one attached hydrogen (secondary N) is 3. The third-order valence-corrected chi connectivity index (χ3v) is 7.21. The molecule has 4 atom stereocenters. The van der Waals surface area contributed by atoms with Crippen molar-refractivity contribution in [2.24, 2.45) is 17.8 Å². The number of urea groups is 1. The van der Waals surface area contributed by atoms with Crippen molar-refractivity contribution in [2.45, 2.75) is 76.3 Å². The SMILES string of the molecule is O=C1CCC(N2CC3CCC(CNC(=O)NC4CCCCC4)CC3C2=O)C(=O)N1. The lowest BCUT2D eigenvalue weighted by Crippen LogP contribution is -2.53. The van der Waals surface area contributed by atoms with Crippen molar-refractivity contribution in [3.63, 3.8) is 0 Å². The molecule has 29 heavy (non-hydrogen) atoms. The maximum atomic E-state index is 13.0. The zero-order valence-electron chi connectivity index (χ0n) is 17.0. The molecule has 5 amide bonds. The second-order valence-corrected chi connectivity index (χ2v) is 9.19. The number of carbonyl (C=O) groups is 4. The quantitative estimate of drug-likeness (QED) is 0.614. The Kier molecular flexibility index (Phi) is 6.06. The first kappa shape index (κ1) is 20.2. The Morgan fingerprint density at radius 2 is 1.83 bits per heavy atom. The standard InChI is InChI=1S/C21H32N4O4/c26-18-9-8-17(19(27)24-18)25-12-14-7-6-13(10-16(14)20(25)28)11-22-21(29)23-15-4-2-1-3-5-15/h13-17H,1-12H2,(H2,22,23,29)(H,24,26,27). The van der Waals surface area contributed by atoms with E-state index >= 15 is 0 Å². The number of fused-ring (bicyclic) bond motifs is 1. The van der Waals surface area contributed by atoms with Gasteiger partial charge in [-0.1, -0.05) is 19.3 Å². The molecule has 4 fully saturated rings. The van der Waals surface area contributed by atoms with Gasteiger partial charge in [0.25, 0.3) is 0 Å². The van der Waals surface area contributed by atoms with E-state index in [1.165, 1.54) is 19.3 Å². The van der Waals surface area contributed by atoms with Crippen LogP contribution in [0.15, 0.2) is 0 Å². The van der Waals surface area contributed by atoms with Crippen molar-refractivity contribution in [2.75, 3.05) is 13.1 Å². The number of carbonyl (C=O) groups excluding carboxylic acids is 4. The smallest absolute Gasteiger partial charge is 0.315 e. The molecule has 3 N–H and O–H groups in total. The highest BCUT2D eigenvalue weighted by Gasteiger charge is 2.48. The average molecular weight is 405 g/mol. The summed E-state index contributed by atoms with van der Waals surface area (Å²) >= 11 is 0. The van der Waals surface area contributed by atoms with Crippen LogP contribution in [0, 0.1) is 17.8 Å². The lowest BCUT2D eigenvalue weighted by atomic mass is 9.75. The Morgan fingerprint density at radius 1 is 1.03 bits per heavy atom. The Morgan fingerprint density at radius 3 is 2.59 bits per heavy atom. The number of hydrogen-bond acceptors (Lipinski definition) is 4. The minimum Gasteiger partial charge on any atom is -0.338 e. The number of rotatable bonds is 4. The third kappa shape index (κ3) is 4.56. The first-order valence-corrected chi connectivity index (χ1v) is 11.2. The molecule has 2 heterocycles. The van der Waals surface area contributed by atoms with Crippen LogP contribution in [0.1, 0.15) is 64.2 Å². The summed E-state index contributed by atoms with van der Waals surface area (Å²) in [5, 5.41) is 8.44. The Bertz CT molecular complexity index is 676. The van der Waals surface area contributed by atoms with Gasteiger partial charge in [-0.25, -0.2) is 4.79 Å². The molecule has 2 aliphatic heterocycles. The van der Waals surface area contributed by atoms with E-state index in [0.717, 1.165) is 32.1 Å². The van der Waals surface area contributed by atoms with E-state index in [9.17, 15) is 19.2 Å². The van der Waals surface area contributed by atoms with E-state index in [1.54, 1.807) is 4.90 Å². The highest BCUT2D eigenvalue weighted by Crippen LogP contribution is 2.41. The monoisotopic (exact) mass is 404 g/mol. The predicted octanol–water partition coefficient (Wildman–Crippen LogP) is 1.30. The van der Waals surface area contributed by atoms with Crippen LogP contribution in [-0.2, 0) is 14.4 Å². The van der Waals surface area contributed by atoms with Gasteiger partial charge in [-0.2, -0.15) is 0 Å². The van der Waals surface area contributed by atoms with Crippen molar-refractivity contribution in [1.82, 2.24) is 20.9 Å². The van der Waals surface area contributed by atoms with Crippen LogP contribution >= 0.6 is 0 Å². The maximum Gasteiger partial charge on any atom is 0.315 e. The molecule has 4 aliphatic rings. The van der Waals surface area contributed by atoms with Crippen molar-refractivity contribution in [3.8, 4) is 0 Å². The zero-order chi connectivity index (χ0) is 20.4. The number of amides is 5. The molecular weight excluding hydrogens is 372 g/mol. The van der Waals surface area contributed by atoms with Crippen LogP contribution in [-0.4, -0.2) is 53.8 Å². The number of likely N-dealkylation sites (tertiary alicyclic amines) is 1. The fourth-order valence-corrected chi connectivity index (χ4v) is 5.56. The predicted molar refractivity (Wildman–Crippen MR) is 106 cm³/mol. The molecule has 0 spiro atoms. The van der Waals surface area contributed by atoms with Gasteiger partial charge < -0.3 is 15.5 Å². The van der Waals surface area contributed by atoms with E-state index in [2.05, 4.69) is 16.0 Å². The van der Waals surface area contributed by atoms with Gasteiger partial charge in [-0.3, -0.25) is 19.7 Å². The van der Waals surface area contributed by atoms with Crippen LogP contribution in [0.5, 0.6) is 0 Å². The zero-order valence-corrected chi connectivity index (χ0v) is 17.0. The molecule has 8 nitrogen and oxygen atoms in total. The average Bonchev–Trinajstić information content (AvgIpc) is 3.03. The van der Waals surface area contributed by atoms with Crippen LogP contribution in [0.2, 0.25) is 0 Å². The number of nitrogens with zero attached hydrogens (tertiary/aromatic N) is 1. The summed E-state index contributed by atoms with van der Waals surface area (Å²) in [4.78, 5) is 50.4. The fourth-order valence-electron chi connectivity index (χ4n) is 5.56. The normalized spacial score (nSPS) is 33.2. The lowest BCUT2D eigenvalue weighted by Gasteiger charge is -2.30. The van der Waals surface area contributed by atoms with E-state index in [4.69, 9.17) is 0 Å². The molecule has 0 aromatic rings. The van der Waals surface area contributed by atoms with Gasteiger partial charge in [0.15, 0.2) is 0 Å². The third-order valence-electron chi connectivity index (χ3n) is 7.21. The summed E-state index contributed by atoms with van der Waals surface area (Å²) in [6.07, 6.45) is 9.14. The summed E-state index contributed by atoms with van der Waals surface area (Å²) in [5.41, 5.74) is 0. The van der Waals surface area contributed by atoms with E-state index in [1.807, 2.05) is 0 Å². The van der Waals surface area contributed by atoms with E-state index < -0.39 is 6.04 Å². The number of hydrogen-bond donors (Lipinski definition) is 3. The Hall–Kier alpha value is -2.12. The lowest BCUT2D eigenvalue weighted by molar-refractivity contribution is -0.144. The Labute approximate surface area is 171 Å². The first-order valence-electron chi connectivity index (χ1n) is 11.2. The van der Waals surface area contributed by atoms with Gasteiger partial charge >= 0.3 is 6.03 Å². The molecule has 0 aromatic heterocycles. The summed E-state index contributed by atoms with van der Waals surface area (Å²) < 4.78 is 0. The summed E-state index contributed by atoms with van der Waals surface area (Å²) in [6, 6.07) is -0.316. The van der Waals surface area contributed by atoms with Gasteiger partial charge in [0.2, 0.25) is 17.7 Å². The van der Waals surface area contributed by atoms with Crippen molar-refractivity contribution >= 4 is 23.8 Å². The molecule has 0 bridgehead atoms. The van der Waals surface area contributed by atoms with Gasteiger partial charge in [-0.05, 0) is 50.4 Å². The second kappa shape index (κ2) is 8.71. The van der Waals surface area contributed by atoms with Crippen LogP contribution in [0.3, 0.4) is 0 Å². The van der Waals surface area contributed by atoms with Crippen molar-refractivity contribution in [3.05, 3.63) is 0 Å². The van der Waals surface area contributed by atoms with Gasteiger partial charge in [0, 0.05) is 31.5 Å². The first-order chi connectivity index (χ1) is 14.0. The van der Waals surface area contributed by atoms with Gasteiger partial charge in [0.1, 0.15) is 6.04 Å². The molecule has 8 heteroatoms. The van der Waals surface area contributed by atoms with Gasteiger partial charge in [-0.15, -0.1) is 0 Å². The maximum absolute atomic E-state index is 13.0. The molecule has 0 radical (unpaired) electrons. The second-order valence-electron chi connectivity index (χ2n) is 9.19. The molecule has 4 unspecified atom stereocenters. The number of imide groups is 1. The molecule has 2 aliphatic carbocycles. The number of piperidine rings is 1. The summed E-state index contributed by atoms with van der Waals surface area (Å²) in [5.74, 6) is -0.0544. The minimum atomic E-state index is -0.511. The van der Waals surface area contributed by atoms with Crippen molar-refractivity contribution < 1.29 is 19.2 Å². The molecule has 4 rings (SSSR count). The van der Waals surface area contributed by atoms with Crippen LogP contribution in [0.4, 0.5) is 4.79 Å². The topological polar surface area (TPSA) is 108 Å². The molecule has 160 valence electrons.